The van der Waals surface area contributed by atoms with Crippen LogP contribution in [0.15, 0.2) is 0 Å². The van der Waals surface area contributed by atoms with Crippen molar-refractivity contribution >= 4 is 5.91 Å². The van der Waals surface area contributed by atoms with Crippen molar-refractivity contribution in [2.75, 3.05) is 20.1 Å². The largest absolute Gasteiger partial charge is 0.392 e. The van der Waals surface area contributed by atoms with E-state index in [1.54, 1.807) is 11.9 Å². The SMILES string of the molecule is CC(C)N(C)C(=O)CNCC(O)CC(C)(C)C. The lowest BCUT2D eigenvalue weighted by molar-refractivity contribution is -0.130. The zero-order valence-corrected chi connectivity index (χ0v) is 12.1. The second-order valence-corrected chi connectivity index (χ2v) is 6.15. The molecule has 0 heterocycles. The van der Waals surface area contributed by atoms with E-state index < -0.39 is 6.10 Å². The minimum Gasteiger partial charge on any atom is -0.392 e. The first-order valence-corrected chi connectivity index (χ1v) is 6.28. The third-order valence-corrected chi connectivity index (χ3v) is 2.67. The number of nitrogens with one attached hydrogen (secondary N) is 1. The normalized spacial score (nSPS) is 13.9. The fourth-order valence-electron chi connectivity index (χ4n) is 1.54. The molecule has 0 aromatic heterocycles. The van der Waals surface area contributed by atoms with Gasteiger partial charge < -0.3 is 15.3 Å². The van der Waals surface area contributed by atoms with Gasteiger partial charge in [-0.3, -0.25) is 4.79 Å². The van der Waals surface area contributed by atoms with Crippen molar-refractivity contribution in [2.24, 2.45) is 5.41 Å². The van der Waals surface area contributed by atoms with E-state index in [-0.39, 0.29) is 23.9 Å². The maximum Gasteiger partial charge on any atom is 0.236 e. The fraction of sp³-hybridized carbons (Fsp3) is 0.923. The van der Waals surface area contributed by atoms with Crippen LogP contribution in [-0.4, -0.2) is 48.2 Å². The van der Waals surface area contributed by atoms with Gasteiger partial charge in [0.1, 0.15) is 0 Å². The molecule has 1 unspecified atom stereocenters. The second kappa shape index (κ2) is 6.97. The van der Waals surface area contributed by atoms with Crippen molar-refractivity contribution in [1.29, 1.82) is 0 Å². The van der Waals surface area contributed by atoms with Crippen molar-refractivity contribution in [1.82, 2.24) is 10.2 Å². The Morgan fingerprint density at radius 2 is 1.88 bits per heavy atom. The smallest absolute Gasteiger partial charge is 0.236 e. The van der Waals surface area contributed by atoms with E-state index in [4.69, 9.17) is 0 Å². The lowest BCUT2D eigenvalue weighted by Crippen LogP contribution is -2.41. The summed E-state index contributed by atoms with van der Waals surface area (Å²) in [5.74, 6) is 0.0583. The van der Waals surface area contributed by atoms with Gasteiger partial charge in [0.05, 0.1) is 12.6 Å². The molecular formula is C13H28N2O2. The Morgan fingerprint density at radius 3 is 2.29 bits per heavy atom. The van der Waals surface area contributed by atoms with Gasteiger partial charge in [-0.2, -0.15) is 0 Å². The molecule has 1 amide bonds. The highest BCUT2D eigenvalue weighted by Crippen LogP contribution is 2.20. The molecule has 1 atom stereocenters. The number of carbonyl (C=O) groups is 1. The van der Waals surface area contributed by atoms with E-state index in [9.17, 15) is 9.90 Å². The third-order valence-electron chi connectivity index (χ3n) is 2.67. The number of hydrogen-bond acceptors (Lipinski definition) is 3. The van der Waals surface area contributed by atoms with E-state index in [0.717, 1.165) is 6.42 Å². The van der Waals surface area contributed by atoms with Crippen molar-refractivity contribution in [3.8, 4) is 0 Å². The Kier molecular flexibility index (Phi) is 6.72. The maximum atomic E-state index is 11.6. The molecular weight excluding hydrogens is 216 g/mol. The lowest BCUT2D eigenvalue weighted by Gasteiger charge is -2.24. The summed E-state index contributed by atoms with van der Waals surface area (Å²) < 4.78 is 0. The summed E-state index contributed by atoms with van der Waals surface area (Å²) in [7, 11) is 1.79. The van der Waals surface area contributed by atoms with Gasteiger partial charge in [-0.25, -0.2) is 0 Å². The molecule has 0 saturated heterocycles. The Balaban J connectivity index is 3.81. The highest BCUT2D eigenvalue weighted by molar-refractivity contribution is 5.78. The summed E-state index contributed by atoms with van der Waals surface area (Å²) in [6.45, 7) is 11.0. The Labute approximate surface area is 105 Å². The topological polar surface area (TPSA) is 52.6 Å². The van der Waals surface area contributed by atoms with Gasteiger partial charge in [-0.15, -0.1) is 0 Å². The number of rotatable bonds is 6. The van der Waals surface area contributed by atoms with Gasteiger partial charge in [-0.05, 0) is 25.7 Å². The Hall–Kier alpha value is -0.610. The van der Waals surface area contributed by atoms with E-state index >= 15 is 0 Å². The summed E-state index contributed by atoms with van der Waals surface area (Å²) in [5, 5.41) is 12.8. The summed E-state index contributed by atoms with van der Waals surface area (Å²) >= 11 is 0. The molecule has 0 aliphatic heterocycles. The van der Waals surface area contributed by atoms with Crippen LogP contribution in [0, 0.1) is 5.41 Å². The number of carbonyl (C=O) groups excluding carboxylic acids is 1. The molecule has 0 spiro atoms. The number of aliphatic hydroxyl groups is 1. The minimum atomic E-state index is -0.396. The van der Waals surface area contributed by atoms with Crippen molar-refractivity contribution in [3.63, 3.8) is 0 Å². The van der Waals surface area contributed by atoms with Crippen molar-refractivity contribution < 1.29 is 9.90 Å². The molecule has 4 heteroatoms. The summed E-state index contributed by atoms with van der Waals surface area (Å²) in [5.41, 5.74) is 0.111. The van der Waals surface area contributed by atoms with E-state index in [0.29, 0.717) is 6.54 Å². The van der Waals surface area contributed by atoms with Gasteiger partial charge in [0, 0.05) is 19.6 Å². The van der Waals surface area contributed by atoms with Crippen LogP contribution in [-0.2, 0) is 4.79 Å². The van der Waals surface area contributed by atoms with Crippen molar-refractivity contribution in [2.45, 2.75) is 53.2 Å². The molecule has 0 aliphatic carbocycles. The predicted octanol–water partition coefficient (Wildman–Crippen LogP) is 1.24. The van der Waals surface area contributed by atoms with Crippen LogP contribution in [0.4, 0.5) is 0 Å². The first kappa shape index (κ1) is 16.4. The standard InChI is InChI=1S/C13H28N2O2/c1-10(2)15(6)12(17)9-14-8-11(16)7-13(3,4)5/h10-11,14,16H,7-9H2,1-6H3. The molecule has 17 heavy (non-hydrogen) atoms. The first-order chi connectivity index (χ1) is 7.63. The molecule has 0 aromatic rings. The molecule has 0 rings (SSSR count). The van der Waals surface area contributed by atoms with Crippen LogP contribution in [0.2, 0.25) is 0 Å². The van der Waals surface area contributed by atoms with Gasteiger partial charge in [0.15, 0.2) is 0 Å². The molecule has 4 nitrogen and oxygen atoms in total. The highest BCUT2D eigenvalue weighted by atomic mass is 16.3. The molecule has 0 radical (unpaired) electrons. The summed E-state index contributed by atoms with van der Waals surface area (Å²) in [4.78, 5) is 13.3. The zero-order chi connectivity index (χ0) is 13.6. The van der Waals surface area contributed by atoms with Crippen LogP contribution < -0.4 is 5.32 Å². The molecule has 102 valence electrons. The molecule has 0 fully saturated rings. The summed E-state index contributed by atoms with van der Waals surface area (Å²) in [6.07, 6.45) is 0.334. The van der Waals surface area contributed by atoms with Gasteiger partial charge in [0.2, 0.25) is 5.91 Å². The zero-order valence-electron chi connectivity index (χ0n) is 12.1. The molecule has 0 aromatic carbocycles. The van der Waals surface area contributed by atoms with Crippen LogP contribution in [0.25, 0.3) is 0 Å². The predicted molar refractivity (Wildman–Crippen MR) is 70.9 cm³/mol. The second-order valence-electron chi connectivity index (χ2n) is 6.15. The van der Waals surface area contributed by atoms with E-state index in [1.165, 1.54) is 0 Å². The number of likely N-dealkylation sites (N-methyl/N-ethyl adjacent to an activating group) is 1. The molecule has 0 bridgehead atoms. The Bertz CT molecular complexity index is 234. The monoisotopic (exact) mass is 244 g/mol. The van der Waals surface area contributed by atoms with Crippen LogP contribution in [0.1, 0.15) is 41.0 Å². The minimum absolute atomic E-state index is 0.0583. The molecule has 2 N–H and O–H groups in total. The molecule has 0 aliphatic rings. The third kappa shape index (κ3) is 8.16. The van der Waals surface area contributed by atoms with Gasteiger partial charge in [-0.1, -0.05) is 20.8 Å². The number of aliphatic hydroxyl groups excluding tert-OH is 1. The van der Waals surface area contributed by atoms with E-state index in [1.807, 2.05) is 13.8 Å². The van der Waals surface area contributed by atoms with Crippen LogP contribution in [0.3, 0.4) is 0 Å². The number of hydrogen-bond donors (Lipinski definition) is 2. The lowest BCUT2D eigenvalue weighted by atomic mass is 9.89. The van der Waals surface area contributed by atoms with Crippen LogP contribution in [0.5, 0.6) is 0 Å². The average molecular weight is 244 g/mol. The fourth-order valence-corrected chi connectivity index (χ4v) is 1.54. The van der Waals surface area contributed by atoms with E-state index in [2.05, 4.69) is 26.1 Å². The quantitative estimate of drug-likeness (QED) is 0.739. The Morgan fingerprint density at radius 1 is 1.35 bits per heavy atom. The van der Waals surface area contributed by atoms with Gasteiger partial charge >= 0.3 is 0 Å². The molecule has 0 saturated carbocycles. The van der Waals surface area contributed by atoms with Crippen molar-refractivity contribution in [3.05, 3.63) is 0 Å². The van der Waals surface area contributed by atoms with Crippen LogP contribution >= 0.6 is 0 Å². The first-order valence-electron chi connectivity index (χ1n) is 6.28. The summed E-state index contributed by atoms with van der Waals surface area (Å²) in [6, 6.07) is 0.212. The van der Waals surface area contributed by atoms with Gasteiger partial charge in [0.25, 0.3) is 0 Å². The average Bonchev–Trinajstić information content (AvgIpc) is 2.13. The number of nitrogens with zero attached hydrogens (tertiary/aromatic N) is 1. The number of amides is 1. The maximum absolute atomic E-state index is 11.6. The highest BCUT2D eigenvalue weighted by Gasteiger charge is 2.17.